The van der Waals surface area contributed by atoms with Crippen LogP contribution in [0.15, 0.2) is 22.9 Å². The van der Waals surface area contributed by atoms with Gasteiger partial charge in [-0.2, -0.15) is 4.68 Å². The predicted octanol–water partition coefficient (Wildman–Crippen LogP) is 0.0419. The van der Waals surface area contributed by atoms with E-state index in [1.54, 1.807) is 6.07 Å². The van der Waals surface area contributed by atoms with E-state index in [9.17, 15) is 4.79 Å². The molecule has 2 rings (SSSR count). The molecule has 0 aliphatic heterocycles. The Morgan fingerprint density at radius 1 is 1.57 bits per heavy atom. The number of ether oxygens (including phenoxy) is 1. The molecule has 0 aliphatic carbocycles. The van der Waals surface area contributed by atoms with Gasteiger partial charge in [-0.25, -0.2) is 4.79 Å². The molecular weight excluding hydrogens is 188 g/mol. The van der Waals surface area contributed by atoms with Crippen LogP contribution in [-0.4, -0.2) is 33.3 Å². The van der Waals surface area contributed by atoms with E-state index in [-0.39, 0.29) is 5.76 Å². The molecule has 0 aliphatic rings. The van der Waals surface area contributed by atoms with Gasteiger partial charge in [-0.3, -0.25) is 0 Å². The molecule has 0 aromatic carbocycles. The lowest BCUT2D eigenvalue weighted by molar-refractivity contribution is 0.0564. The Labute approximate surface area is 78.3 Å². The van der Waals surface area contributed by atoms with Crippen LogP contribution >= 0.6 is 0 Å². The van der Waals surface area contributed by atoms with Crippen molar-refractivity contribution in [3.63, 3.8) is 0 Å². The monoisotopic (exact) mass is 194 g/mol. The van der Waals surface area contributed by atoms with Gasteiger partial charge in [-0.1, -0.05) is 0 Å². The van der Waals surface area contributed by atoms with E-state index >= 15 is 0 Å². The van der Waals surface area contributed by atoms with Crippen molar-refractivity contribution in [3.05, 3.63) is 24.2 Å². The van der Waals surface area contributed by atoms with Gasteiger partial charge < -0.3 is 9.15 Å². The van der Waals surface area contributed by atoms with Crippen LogP contribution in [0.2, 0.25) is 0 Å². The summed E-state index contributed by atoms with van der Waals surface area (Å²) in [4.78, 5) is 11.0. The molecule has 14 heavy (non-hydrogen) atoms. The van der Waals surface area contributed by atoms with Crippen LogP contribution in [0.5, 0.6) is 0 Å². The summed E-state index contributed by atoms with van der Waals surface area (Å²) < 4.78 is 10.9. The summed E-state index contributed by atoms with van der Waals surface area (Å²) in [5.41, 5.74) is 0. The largest absolute Gasteiger partial charge is 0.463 e. The zero-order valence-electron chi connectivity index (χ0n) is 7.25. The smallest absolute Gasteiger partial charge is 0.374 e. The van der Waals surface area contributed by atoms with E-state index in [2.05, 4.69) is 20.3 Å². The summed E-state index contributed by atoms with van der Waals surface area (Å²) in [5, 5.41) is 10.5. The van der Waals surface area contributed by atoms with E-state index in [4.69, 9.17) is 4.42 Å². The molecule has 0 saturated heterocycles. The van der Waals surface area contributed by atoms with Crippen LogP contribution in [0, 0.1) is 0 Å². The topological polar surface area (TPSA) is 83.0 Å². The van der Waals surface area contributed by atoms with Crippen molar-refractivity contribution in [2.75, 3.05) is 7.11 Å². The number of carbonyl (C=O) groups is 1. The van der Waals surface area contributed by atoms with Crippen LogP contribution in [0.4, 0.5) is 0 Å². The van der Waals surface area contributed by atoms with Crippen LogP contribution < -0.4 is 0 Å². The van der Waals surface area contributed by atoms with Crippen molar-refractivity contribution >= 4 is 5.97 Å². The summed E-state index contributed by atoms with van der Waals surface area (Å²) in [6.07, 6.45) is 1.36. The Morgan fingerprint density at radius 3 is 3.07 bits per heavy atom. The van der Waals surface area contributed by atoms with E-state index in [1.165, 1.54) is 24.2 Å². The second kappa shape index (κ2) is 3.29. The fourth-order valence-corrected chi connectivity index (χ4v) is 0.923. The second-order valence-electron chi connectivity index (χ2n) is 2.38. The quantitative estimate of drug-likeness (QED) is 0.627. The van der Waals surface area contributed by atoms with Gasteiger partial charge in [-0.15, -0.1) is 5.10 Å². The molecule has 0 bridgehead atoms. The molecule has 7 nitrogen and oxygen atoms in total. The number of esters is 1. The Kier molecular flexibility index (Phi) is 1.98. The number of methoxy groups -OCH3 is 1. The van der Waals surface area contributed by atoms with Crippen molar-refractivity contribution in [1.82, 2.24) is 20.2 Å². The molecule has 0 saturated carbocycles. The molecule has 72 valence electrons. The maximum absolute atomic E-state index is 11.0. The first-order valence-electron chi connectivity index (χ1n) is 3.73. The Bertz CT molecular complexity index is 433. The van der Waals surface area contributed by atoms with Crippen molar-refractivity contribution < 1.29 is 13.9 Å². The number of aromatic nitrogens is 4. The minimum Gasteiger partial charge on any atom is -0.463 e. The average Bonchev–Trinajstić information content (AvgIpc) is 2.86. The number of carbonyl (C=O) groups excluding carboxylic acids is 1. The lowest BCUT2D eigenvalue weighted by atomic mass is 10.4. The minimum absolute atomic E-state index is 0.109. The third-order valence-corrected chi connectivity index (χ3v) is 1.55. The lowest BCUT2D eigenvalue weighted by Gasteiger charge is -1.93. The zero-order chi connectivity index (χ0) is 9.97. The average molecular weight is 194 g/mol. The number of furan rings is 1. The highest BCUT2D eigenvalue weighted by Gasteiger charge is 2.12. The molecule has 2 aromatic rings. The molecule has 0 N–H and O–H groups in total. The number of hydrogen-bond donors (Lipinski definition) is 0. The van der Waals surface area contributed by atoms with Crippen LogP contribution in [-0.2, 0) is 4.74 Å². The standard InChI is InChI=1S/C7H6N4O3/c1-13-7(12)5-2-3-6(14-5)11-4-8-9-10-11/h2-4H,1H3. The van der Waals surface area contributed by atoms with Gasteiger partial charge in [0, 0.05) is 6.07 Å². The molecule has 2 heterocycles. The van der Waals surface area contributed by atoms with E-state index < -0.39 is 5.97 Å². The summed E-state index contributed by atoms with van der Waals surface area (Å²) in [6, 6.07) is 3.06. The predicted molar refractivity (Wildman–Crippen MR) is 42.8 cm³/mol. The molecular formula is C7H6N4O3. The lowest BCUT2D eigenvalue weighted by Crippen LogP contribution is -1.99. The van der Waals surface area contributed by atoms with Gasteiger partial charge in [0.05, 0.1) is 7.11 Å². The van der Waals surface area contributed by atoms with E-state index in [0.717, 1.165) is 0 Å². The molecule has 0 amide bonds. The Morgan fingerprint density at radius 2 is 2.43 bits per heavy atom. The molecule has 0 spiro atoms. The third-order valence-electron chi connectivity index (χ3n) is 1.55. The summed E-state index contributed by atoms with van der Waals surface area (Å²) in [6.45, 7) is 0. The van der Waals surface area contributed by atoms with Crippen molar-refractivity contribution in [1.29, 1.82) is 0 Å². The molecule has 0 radical (unpaired) electrons. The number of hydrogen-bond acceptors (Lipinski definition) is 6. The first-order chi connectivity index (χ1) is 6.81. The minimum atomic E-state index is -0.538. The van der Waals surface area contributed by atoms with Crippen LogP contribution in [0.25, 0.3) is 5.88 Å². The Balaban J connectivity index is 2.31. The van der Waals surface area contributed by atoms with E-state index in [0.29, 0.717) is 5.88 Å². The molecule has 0 fully saturated rings. The highest BCUT2D eigenvalue weighted by molar-refractivity contribution is 5.86. The molecule has 7 heteroatoms. The van der Waals surface area contributed by atoms with Crippen molar-refractivity contribution in [3.8, 4) is 5.88 Å². The van der Waals surface area contributed by atoms with Crippen LogP contribution in [0.3, 0.4) is 0 Å². The van der Waals surface area contributed by atoms with Gasteiger partial charge in [0.1, 0.15) is 6.33 Å². The van der Waals surface area contributed by atoms with Gasteiger partial charge in [0.15, 0.2) is 0 Å². The SMILES string of the molecule is COC(=O)c1ccc(-n2cnnn2)o1. The number of nitrogens with zero attached hydrogens (tertiary/aromatic N) is 4. The van der Waals surface area contributed by atoms with Gasteiger partial charge >= 0.3 is 5.97 Å². The normalized spacial score (nSPS) is 10.1. The zero-order valence-corrected chi connectivity index (χ0v) is 7.25. The maximum atomic E-state index is 11.0. The van der Waals surface area contributed by atoms with Crippen LogP contribution in [0.1, 0.15) is 10.6 Å². The summed E-state index contributed by atoms with van der Waals surface area (Å²) in [7, 11) is 1.28. The molecule has 0 unspecified atom stereocenters. The van der Waals surface area contributed by atoms with Gasteiger partial charge in [0.25, 0.3) is 0 Å². The summed E-state index contributed by atoms with van der Waals surface area (Å²) in [5.74, 6) is -0.0716. The van der Waals surface area contributed by atoms with Gasteiger partial charge in [-0.05, 0) is 16.5 Å². The van der Waals surface area contributed by atoms with Gasteiger partial charge in [0.2, 0.25) is 11.6 Å². The maximum Gasteiger partial charge on any atom is 0.374 e. The Hall–Kier alpha value is -2.18. The fraction of sp³-hybridized carbons (Fsp3) is 0.143. The third kappa shape index (κ3) is 1.35. The van der Waals surface area contributed by atoms with E-state index in [1.807, 2.05) is 0 Å². The molecule has 0 atom stereocenters. The molecule has 2 aromatic heterocycles. The van der Waals surface area contributed by atoms with Crippen molar-refractivity contribution in [2.24, 2.45) is 0 Å². The first-order valence-corrected chi connectivity index (χ1v) is 3.73. The highest BCUT2D eigenvalue weighted by atomic mass is 16.5. The number of tetrazole rings is 1. The summed E-state index contributed by atoms with van der Waals surface area (Å²) >= 11 is 0. The highest BCUT2D eigenvalue weighted by Crippen LogP contribution is 2.11. The first kappa shape index (κ1) is 8.42. The number of rotatable bonds is 2. The van der Waals surface area contributed by atoms with Crippen molar-refractivity contribution in [2.45, 2.75) is 0 Å². The fourth-order valence-electron chi connectivity index (χ4n) is 0.923. The second-order valence-corrected chi connectivity index (χ2v) is 2.38.